The lowest BCUT2D eigenvalue weighted by molar-refractivity contribution is -0.137. The first kappa shape index (κ1) is 15.0. The zero-order chi connectivity index (χ0) is 15.6. The molecule has 0 fully saturated rings. The largest absolute Gasteiger partial charge is 0.465 e. The van der Waals surface area contributed by atoms with E-state index in [2.05, 4.69) is 9.72 Å². The van der Waals surface area contributed by atoms with Gasteiger partial charge in [0, 0.05) is 22.7 Å². The number of hydrogen-bond donors (Lipinski definition) is 2. The molecule has 21 heavy (non-hydrogen) atoms. The summed E-state index contributed by atoms with van der Waals surface area (Å²) < 4.78 is 42.1. The van der Waals surface area contributed by atoms with Gasteiger partial charge in [-0.15, -0.1) is 0 Å². The summed E-state index contributed by atoms with van der Waals surface area (Å²) in [6.07, 6.45) is -4.77. The van der Waals surface area contributed by atoms with Crippen molar-refractivity contribution >= 4 is 17.4 Å². The fourth-order valence-electron chi connectivity index (χ4n) is 1.88. The topological polar surface area (TPSA) is 79.4 Å². The van der Waals surface area contributed by atoms with E-state index in [1.165, 1.54) is 0 Å². The lowest BCUT2D eigenvalue weighted by atomic mass is 10.1. The van der Waals surface area contributed by atoms with E-state index >= 15 is 0 Å². The van der Waals surface area contributed by atoms with Crippen LogP contribution in [0.4, 0.5) is 13.2 Å². The third-order valence-corrected chi connectivity index (χ3v) is 2.92. The molecule has 8 heteroatoms. The zero-order valence-corrected chi connectivity index (χ0v) is 10.5. The summed E-state index contributed by atoms with van der Waals surface area (Å²) in [7, 11) is 0. The minimum atomic E-state index is -4.51. The van der Waals surface area contributed by atoms with E-state index in [4.69, 9.17) is 0 Å². The maximum absolute atomic E-state index is 12.6. The van der Waals surface area contributed by atoms with Crippen LogP contribution in [-0.2, 0) is 15.7 Å². The van der Waals surface area contributed by atoms with Crippen LogP contribution in [0.1, 0.15) is 17.2 Å². The number of hydrogen-bond acceptors (Lipinski definition) is 4. The average Bonchev–Trinajstić information content (AvgIpc) is 2.43. The summed E-state index contributed by atoms with van der Waals surface area (Å²) in [5.41, 5.74) is -1.60. The van der Waals surface area contributed by atoms with E-state index in [1.807, 2.05) is 0 Å². The number of fused-ring (bicyclic) bond motifs is 1. The van der Waals surface area contributed by atoms with Crippen molar-refractivity contribution in [1.29, 1.82) is 0 Å². The Kier molecular flexibility index (Phi) is 3.99. The van der Waals surface area contributed by atoms with Crippen molar-refractivity contribution in [3.63, 3.8) is 0 Å². The molecule has 0 aliphatic rings. The van der Waals surface area contributed by atoms with Crippen LogP contribution in [0.5, 0.6) is 0 Å². The van der Waals surface area contributed by atoms with Crippen molar-refractivity contribution in [3.05, 3.63) is 45.7 Å². The van der Waals surface area contributed by atoms with Gasteiger partial charge in [0.05, 0.1) is 5.56 Å². The highest BCUT2D eigenvalue weighted by atomic mass is 19.4. The van der Waals surface area contributed by atoms with Gasteiger partial charge in [-0.05, 0) is 18.2 Å². The molecule has 1 atom stereocenters. The SMILES string of the molecule is O=COCC(O)c1c[nH]c2cc(C(F)(F)F)ccc2c1=O. The fourth-order valence-corrected chi connectivity index (χ4v) is 1.88. The number of nitrogens with one attached hydrogen (secondary N) is 1. The first-order valence-electron chi connectivity index (χ1n) is 5.80. The van der Waals surface area contributed by atoms with Crippen molar-refractivity contribution in [2.75, 3.05) is 6.61 Å². The van der Waals surface area contributed by atoms with E-state index in [9.17, 15) is 27.9 Å². The second-order valence-electron chi connectivity index (χ2n) is 4.28. The molecule has 2 N–H and O–H groups in total. The summed E-state index contributed by atoms with van der Waals surface area (Å²) in [4.78, 5) is 24.7. The first-order valence-corrected chi connectivity index (χ1v) is 5.80. The van der Waals surface area contributed by atoms with E-state index in [1.54, 1.807) is 0 Å². The van der Waals surface area contributed by atoms with Crippen molar-refractivity contribution in [1.82, 2.24) is 4.98 Å². The molecular formula is C13H10F3NO4. The summed E-state index contributed by atoms with van der Waals surface area (Å²) >= 11 is 0. The van der Waals surface area contributed by atoms with Crippen LogP contribution in [0.3, 0.4) is 0 Å². The Morgan fingerprint density at radius 1 is 1.38 bits per heavy atom. The number of aromatic nitrogens is 1. The van der Waals surface area contributed by atoms with Gasteiger partial charge >= 0.3 is 6.18 Å². The van der Waals surface area contributed by atoms with Crippen LogP contribution in [0, 0.1) is 0 Å². The maximum atomic E-state index is 12.6. The van der Waals surface area contributed by atoms with Gasteiger partial charge in [-0.25, -0.2) is 0 Å². The number of H-pyrrole nitrogens is 1. The highest BCUT2D eigenvalue weighted by Crippen LogP contribution is 2.30. The van der Waals surface area contributed by atoms with E-state index in [-0.39, 0.29) is 22.9 Å². The highest BCUT2D eigenvalue weighted by molar-refractivity contribution is 5.79. The number of aromatic amines is 1. The molecule has 0 spiro atoms. The molecule has 0 saturated carbocycles. The lowest BCUT2D eigenvalue weighted by Crippen LogP contribution is -2.18. The maximum Gasteiger partial charge on any atom is 0.416 e. The molecule has 1 aromatic heterocycles. The Bertz CT molecular complexity index is 723. The van der Waals surface area contributed by atoms with Crippen LogP contribution in [-0.4, -0.2) is 23.2 Å². The third-order valence-electron chi connectivity index (χ3n) is 2.92. The fraction of sp³-hybridized carbons (Fsp3) is 0.231. The summed E-state index contributed by atoms with van der Waals surface area (Å²) in [6.45, 7) is -0.299. The molecule has 5 nitrogen and oxygen atoms in total. The normalized spacial score (nSPS) is 13.1. The molecule has 1 heterocycles. The molecule has 112 valence electrons. The number of pyridine rings is 1. The van der Waals surface area contributed by atoms with E-state index in [0.717, 1.165) is 24.4 Å². The predicted octanol–water partition coefficient (Wildman–Crippen LogP) is 1.75. The Morgan fingerprint density at radius 3 is 2.71 bits per heavy atom. The number of halogens is 3. The van der Waals surface area contributed by atoms with Crippen molar-refractivity contribution in [2.24, 2.45) is 0 Å². The van der Waals surface area contributed by atoms with Gasteiger partial charge in [-0.3, -0.25) is 9.59 Å². The average molecular weight is 301 g/mol. The van der Waals surface area contributed by atoms with Crippen LogP contribution >= 0.6 is 0 Å². The van der Waals surface area contributed by atoms with Gasteiger partial charge in [-0.2, -0.15) is 13.2 Å². The summed E-state index contributed by atoms with van der Waals surface area (Å²) in [5.74, 6) is 0. The number of alkyl halides is 3. The number of aliphatic hydroxyl groups excluding tert-OH is 1. The summed E-state index contributed by atoms with van der Waals surface area (Å²) in [6, 6.07) is 2.64. The van der Waals surface area contributed by atoms with Gasteiger partial charge < -0.3 is 14.8 Å². The number of benzene rings is 1. The van der Waals surface area contributed by atoms with Crippen LogP contribution in [0.2, 0.25) is 0 Å². The number of rotatable bonds is 4. The number of ether oxygens (including phenoxy) is 1. The monoisotopic (exact) mass is 301 g/mol. The van der Waals surface area contributed by atoms with Crippen LogP contribution in [0.15, 0.2) is 29.2 Å². The molecule has 2 aromatic rings. The predicted molar refractivity (Wildman–Crippen MR) is 66.5 cm³/mol. The Balaban J connectivity index is 2.49. The molecule has 0 aliphatic carbocycles. The Morgan fingerprint density at radius 2 is 2.10 bits per heavy atom. The van der Waals surface area contributed by atoms with Gasteiger partial charge in [0.1, 0.15) is 12.7 Å². The molecule has 0 aliphatic heterocycles. The van der Waals surface area contributed by atoms with Gasteiger partial charge in [-0.1, -0.05) is 0 Å². The smallest absolute Gasteiger partial charge is 0.416 e. The Hall–Kier alpha value is -2.35. The molecule has 0 radical (unpaired) electrons. The molecule has 0 saturated heterocycles. The van der Waals surface area contributed by atoms with Crippen LogP contribution < -0.4 is 5.43 Å². The van der Waals surface area contributed by atoms with E-state index < -0.39 is 29.9 Å². The molecule has 0 amide bonds. The Labute approximate surface area is 116 Å². The second kappa shape index (κ2) is 5.57. The lowest BCUT2D eigenvalue weighted by Gasteiger charge is -2.11. The number of aliphatic hydroxyl groups is 1. The number of carbonyl (C=O) groups is 1. The third kappa shape index (κ3) is 3.05. The minimum Gasteiger partial charge on any atom is -0.465 e. The molecule has 2 rings (SSSR count). The quantitative estimate of drug-likeness (QED) is 0.843. The van der Waals surface area contributed by atoms with Gasteiger partial charge in [0.15, 0.2) is 5.43 Å². The molecule has 1 aromatic carbocycles. The number of carbonyl (C=O) groups excluding carboxylic acids is 1. The highest BCUT2D eigenvalue weighted by Gasteiger charge is 2.30. The zero-order valence-electron chi connectivity index (χ0n) is 10.5. The molecule has 0 bridgehead atoms. The molecular weight excluding hydrogens is 291 g/mol. The second-order valence-corrected chi connectivity index (χ2v) is 4.28. The first-order chi connectivity index (χ1) is 9.84. The molecule has 1 unspecified atom stereocenters. The standard InChI is InChI=1S/C13H10F3NO4/c14-13(15,16)7-1-2-8-10(3-7)17-4-9(12(8)20)11(19)5-21-6-18/h1-4,6,11,19H,5H2,(H,17,20). The van der Waals surface area contributed by atoms with Gasteiger partial charge in [0.2, 0.25) is 0 Å². The summed E-state index contributed by atoms with van der Waals surface area (Å²) in [5, 5.41) is 9.70. The van der Waals surface area contributed by atoms with Crippen molar-refractivity contribution < 1.29 is 27.8 Å². The van der Waals surface area contributed by atoms with Gasteiger partial charge in [0.25, 0.3) is 6.47 Å². The van der Waals surface area contributed by atoms with Crippen molar-refractivity contribution in [2.45, 2.75) is 12.3 Å². The minimum absolute atomic E-state index is 0.00193. The van der Waals surface area contributed by atoms with E-state index in [0.29, 0.717) is 0 Å². The van der Waals surface area contributed by atoms with Crippen LogP contribution in [0.25, 0.3) is 10.9 Å². The van der Waals surface area contributed by atoms with Crippen molar-refractivity contribution in [3.8, 4) is 0 Å².